The van der Waals surface area contributed by atoms with Gasteiger partial charge in [0.25, 0.3) is 0 Å². The maximum atomic E-state index is 11.2. The van der Waals surface area contributed by atoms with Crippen molar-refractivity contribution in [2.45, 2.75) is 53.4 Å². The summed E-state index contributed by atoms with van der Waals surface area (Å²) in [6.07, 6.45) is 5.42. The molecule has 15 heavy (non-hydrogen) atoms. The van der Waals surface area contributed by atoms with Gasteiger partial charge < -0.3 is 9.69 Å². The molecule has 0 bridgehead atoms. The molecule has 0 fully saturated rings. The highest BCUT2D eigenvalue weighted by molar-refractivity contribution is 5.59. The van der Waals surface area contributed by atoms with Crippen LogP contribution in [0.25, 0.3) is 0 Å². The summed E-state index contributed by atoms with van der Waals surface area (Å²) in [5, 5.41) is 0. The summed E-state index contributed by atoms with van der Waals surface area (Å²) >= 11 is 0. The van der Waals surface area contributed by atoms with Crippen molar-refractivity contribution in [3.05, 3.63) is 0 Å². The van der Waals surface area contributed by atoms with Crippen LogP contribution < -0.4 is 0 Å². The molecular formula is C13H27NO. The summed E-state index contributed by atoms with van der Waals surface area (Å²) in [5.74, 6) is 0. The SMILES string of the molecule is CCCN(CCC)CC(C=O)(CC)CC. The Bertz CT molecular complexity index is 158. The Labute approximate surface area is 95.0 Å². The molecule has 0 aromatic rings. The molecule has 0 aromatic carbocycles. The molecular weight excluding hydrogens is 186 g/mol. The second-order valence-corrected chi connectivity index (χ2v) is 4.46. The van der Waals surface area contributed by atoms with Gasteiger partial charge >= 0.3 is 0 Å². The van der Waals surface area contributed by atoms with Crippen molar-refractivity contribution >= 4 is 6.29 Å². The van der Waals surface area contributed by atoms with Gasteiger partial charge in [-0.2, -0.15) is 0 Å². The molecule has 0 N–H and O–H groups in total. The van der Waals surface area contributed by atoms with Gasteiger partial charge in [0.1, 0.15) is 6.29 Å². The fourth-order valence-corrected chi connectivity index (χ4v) is 2.03. The molecule has 0 saturated carbocycles. The van der Waals surface area contributed by atoms with Crippen molar-refractivity contribution in [3.63, 3.8) is 0 Å². The van der Waals surface area contributed by atoms with Gasteiger partial charge in [0.05, 0.1) is 0 Å². The third-order valence-corrected chi connectivity index (χ3v) is 3.28. The van der Waals surface area contributed by atoms with Crippen molar-refractivity contribution in [2.24, 2.45) is 5.41 Å². The van der Waals surface area contributed by atoms with Crippen LogP contribution >= 0.6 is 0 Å². The van der Waals surface area contributed by atoms with Crippen molar-refractivity contribution in [1.82, 2.24) is 4.90 Å². The fraction of sp³-hybridized carbons (Fsp3) is 0.923. The van der Waals surface area contributed by atoms with E-state index in [1.165, 1.54) is 19.1 Å². The number of aldehydes is 1. The summed E-state index contributed by atoms with van der Waals surface area (Å²) in [5.41, 5.74) is -0.107. The normalized spacial score (nSPS) is 12.1. The number of hydrogen-bond donors (Lipinski definition) is 0. The molecule has 90 valence electrons. The zero-order valence-corrected chi connectivity index (χ0v) is 10.9. The van der Waals surface area contributed by atoms with Crippen LogP contribution in [0.1, 0.15) is 53.4 Å². The van der Waals surface area contributed by atoms with Crippen LogP contribution in [0.5, 0.6) is 0 Å². The molecule has 0 atom stereocenters. The average Bonchev–Trinajstić information content (AvgIpc) is 2.27. The molecule has 0 aliphatic rings. The highest BCUT2D eigenvalue weighted by Crippen LogP contribution is 2.25. The van der Waals surface area contributed by atoms with E-state index in [4.69, 9.17) is 0 Å². The van der Waals surface area contributed by atoms with Gasteiger partial charge in [0.2, 0.25) is 0 Å². The molecule has 0 unspecified atom stereocenters. The quantitative estimate of drug-likeness (QED) is 0.548. The second-order valence-electron chi connectivity index (χ2n) is 4.46. The first-order valence-corrected chi connectivity index (χ1v) is 6.36. The molecule has 0 heterocycles. The minimum absolute atomic E-state index is 0.107. The van der Waals surface area contributed by atoms with E-state index in [2.05, 4.69) is 32.6 Å². The van der Waals surface area contributed by atoms with Gasteiger partial charge in [0.15, 0.2) is 0 Å². The molecule has 0 aromatic heterocycles. The third kappa shape index (κ3) is 4.78. The molecule has 2 nitrogen and oxygen atoms in total. The van der Waals surface area contributed by atoms with Crippen molar-refractivity contribution in [1.29, 1.82) is 0 Å². The van der Waals surface area contributed by atoms with Crippen molar-refractivity contribution in [2.75, 3.05) is 19.6 Å². The van der Waals surface area contributed by atoms with E-state index in [-0.39, 0.29) is 5.41 Å². The Kier molecular flexibility index (Phi) is 7.67. The van der Waals surface area contributed by atoms with E-state index < -0.39 is 0 Å². The van der Waals surface area contributed by atoms with Gasteiger partial charge in [-0.05, 0) is 38.8 Å². The van der Waals surface area contributed by atoms with Gasteiger partial charge in [0, 0.05) is 12.0 Å². The molecule has 0 spiro atoms. The molecule has 0 amide bonds. The van der Waals surface area contributed by atoms with E-state index in [1.807, 2.05) is 0 Å². The van der Waals surface area contributed by atoms with Crippen LogP contribution in [0.15, 0.2) is 0 Å². The third-order valence-electron chi connectivity index (χ3n) is 3.28. The first-order valence-electron chi connectivity index (χ1n) is 6.36. The first-order chi connectivity index (χ1) is 7.17. The smallest absolute Gasteiger partial charge is 0.127 e. The Balaban J connectivity index is 4.37. The lowest BCUT2D eigenvalue weighted by Gasteiger charge is -2.32. The number of hydrogen-bond acceptors (Lipinski definition) is 2. The lowest BCUT2D eigenvalue weighted by molar-refractivity contribution is -0.117. The van der Waals surface area contributed by atoms with Crippen LogP contribution in [0.3, 0.4) is 0 Å². The number of rotatable bonds is 9. The van der Waals surface area contributed by atoms with Crippen LogP contribution in [-0.2, 0) is 4.79 Å². The number of nitrogens with zero attached hydrogens (tertiary/aromatic N) is 1. The van der Waals surface area contributed by atoms with E-state index in [9.17, 15) is 4.79 Å². The largest absolute Gasteiger partial charge is 0.303 e. The second kappa shape index (κ2) is 7.86. The van der Waals surface area contributed by atoms with Crippen LogP contribution in [0.2, 0.25) is 0 Å². The highest BCUT2D eigenvalue weighted by Gasteiger charge is 2.27. The lowest BCUT2D eigenvalue weighted by atomic mass is 9.83. The Morgan fingerprint density at radius 1 is 1.00 bits per heavy atom. The summed E-state index contributed by atoms with van der Waals surface area (Å²) < 4.78 is 0. The maximum absolute atomic E-state index is 11.2. The zero-order chi connectivity index (χ0) is 11.7. The Morgan fingerprint density at radius 2 is 1.47 bits per heavy atom. The predicted molar refractivity (Wildman–Crippen MR) is 66.1 cm³/mol. The summed E-state index contributed by atoms with van der Waals surface area (Å²) in [7, 11) is 0. The molecule has 0 saturated heterocycles. The highest BCUT2D eigenvalue weighted by atomic mass is 16.1. The standard InChI is InChI=1S/C13H27NO/c1-5-9-14(10-6-2)11-13(7-3,8-4)12-15/h12H,5-11H2,1-4H3. The molecule has 0 aliphatic carbocycles. The van der Waals surface area contributed by atoms with Gasteiger partial charge in [-0.15, -0.1) is 0 Å². The Hall–Kier alpha value is -0.370. The molecule has 2 heteroatoms. The molecule has 0 aliphatic heterocycles. The lowest BCUT2D eigenvalue weighted by Crippen LogP contribution is -2.39. The summed E-state index contributed by atoms with van der Waals surface area (Å²) in [6, 6.07) is 0. The van der Waals surface area contributed by atoms with Crippen LogP contribution in [0.4, 0.5) is 0 Å². The van der Waals surface area contributed by atoms with E-state index in [1.54, 1.807) is 0 Å². The zero-order valence-electron chi connectivity index (χ0n) is 10.9. The topological polar surface area (TPSA) is 20.3 Å². The van der Waals surface area contributed by atoms with E-state index in [0.29, 0.717) is 0 Å². The van der Waals surface area contributed by atoms with E-state index >= 15 is 0 Å². The maximum Gasteiger partial charge on any atom is 0.127 e. The van der Waals surface area contributed by atoms with Gasteiger partial charge in [-0.1, -0.05) is 27.7 Å². The minimum atomic E-state index is -0.107. The molecule has 0 rings (SSSR count). The van der Waals surface area contributed by atoms with Crippen LogP contribution in [0, 0.1) is 5.41 Å². The minimum Gasteiger partial charge on any atom is -0.303 e. The van der Waals surface area contributed by atoms with Crippen molar-refractivity contribution in [3.8, 4) is 0 Å². The number of carbonyl (C=O) groups is 1. The first kappa shape index (κ1) is 14.6. The molecule has 0 radical (unpaired) electrons. The van der Waals surface area contributed by atoms with Gasteiger partial charge in [-0.3, -0.25) is 0 Å². The monoisotopic (exact) mass is 213 g/mol. The summed E-state index contributed by atoms with van der Waals surface area (Å²) in [4.78, 5) is 13.6. The number of carbonyl (C=O) groups excluding carboxylic acids is 1. The van der Waals surface area contributed by atoms with Gasteiger partial charge in [-0.25, -0.2) is 0 Å². The van der Waals surface area contributed by atoms with Crippen LogP contribution in [-0.4, -0.2) is 30.8 Å². The predicted octanol–water partition coefficient (Wildman–Crippen LogP) is 3.11. The Morgan fingerprint density at radius 3 is 1.73 bits per heavy atom. The van der Waals surface area contributed by atoms with Crippen molar-refractivity contribution < 1.29 is 4.79 Å². The van der Waals surface area contributed by atoms with E-state index in [0.717, 1.165) is 32.5 Å². The summed E-state index contributed by atoms with van der Waals surface area (Å²) in [6.45, 7) is 11.8. The fourth-order valence-electron chi connectivity index (χ4n) is 2.03. The average molecular weight is 213 g/mol.